The van der Waals surface area contributed by atoms with E-state index in [2.05, 4.69) is 9.94 Å². The lowest BCUT2D eigenvalue weighted by atomic mass is 10.0. The summed E-state index contributed by atoms with van der Waals surface area (Å²) in [5.41, 5.74) is 1.75. The molecule has 0 N–H and O–H groups in total. The fourth-order valence-electron chi connectivity index (χ4n) is 2.20. The summed E-state index contributed by atoms with van der Waals surface area (Å²) in [6, 6.07) is 3.24. The minimum atomic E-state index is -0.521. The highest BCUT2D eigenvalue weighted by Crippen LogP contribution is 2.40. The molecule has 2 aromatic rings. The third-order valence-corrected chi connectivity index (χ3v) is 3.01. The topological polar surface area (TPSA) is 31.4 Å². The largest absolute Gasteiger partial charge is 0.504 e. The van der Waals surface area contributed by atoms with Crippen LogP contribution in [0.2, 0.25) is 0 Å². The maximum Gasteiger partial charge on any atom is 0.263 e. The molecule has 0 saturated heterocycles. The van der Waals surface area contributed by atoms with Crippen molar-refractivity contribution in [3.05, 3.63) is 52.9 Å². The first kappa shape index (κ1) is 10.8. The smallest absolute Gasteiger partial charge is 0.263 e. The third kappa shape index (κ3) is 1.63. The molecule has 0 unspecified atom stereocenters. The highest BCUT2D eigenvalue weighted by molar-refractivity contribution is 5.65. The second kappa shape index (κ2) is 4.15. The average Bonchev–Trinajstić information content (AvgIpc) is 2.99. The molecule has 0 aliphatic carbocycles. The fraction of sp³-hybridized carbons (Fsp3) is 0.231. The summed E-state index contributed by atoms with van der Waals surface area (Å²) in [5.74, 6) is -0.111. The summed E-state index contributed by atoms with van der Waals surface area (Å²) in [4.78, 5) is 3.21. The molecule has 0 fully saturated rings. The zero-order chi connectivity index (χ0) is 12.5. The molecule has 1 aliphatic heterocycles. The van der Waals surface area contributed by atoms with Crippen LogP contribution in [0.15, 0.2) is 24.5 Å². The Hall–Kier alpha value is -2.35. The van der Waals surface area contributed by atoms with Crippen LogP contribution < -0.4 is 4.74 Å². The molecule has 4 nitrogen and oxygen atoms in total. The predicted octanol–water partition coefficient (Wildman–Crippen LogP) is 2.56. The van der Waals surface area contributed by atoms with Gasteiger partial charge in [0.25, 0.3) is 5.69 Å². The molecule has 0 radical (unpaired) electrons. The number of halogens is 1. The van der Waals surface area contributed by atoms with Crippen molar-refractivity contribution in [3.63, 3.8) is 0 Å². The van der Waals surface area contributed by atoms with Crippen molar-refractivity contribution in [3.8, 4) is 5.75 Å². The van der Waals surface area contributed by atoms with Crippen LogP contribution in [-0.4, -0.2) is 16.4 Å². The summed E-state index contributed by atoms with van der Waals surface area (Å²) in [5, 5.41) is 4.10. The molecular formula is C13H10FN3O. The number of aromatic nitrogens is 2. The van der Waals surface area contributed by atoms with Gasteiger partial charge in [0.05, 0.1) is 19.7 Å². The minimum absolute atomic E-state index is 0.00767. The van der Waals surface area contributed by atoms with Crippen molar-refractivity contribution in [1.82, 2.24) is 9.78 Å². The van der Waals surface area contributed by atoms with Gasteiger partial charge in [-0.2, -0.15) is 5.10 Å². The number of ether oxygens (including phenoxy) is 1. The summed E-state index contributed by atoms with van der Waals surface area (Å²) < 4.78 is 20.9. The molecule has 5 heteroatoms. The molecular weight excluding hydrogens is 233 g/mol. The van der Waals surface area contributed by atoms with E-state index in [1.807, 2.05) is 12.3 Å². The highest BCUT2D eigenvalue weighted by atomic mass is 19.1. The summed E-state index contributed by atoms with van der Waals surface area (Å²) >= 11 is 0. The molecule has 18 heavy (non-hydrogen) atoms. The average molecular weight is 243 g/mol. The lowest BCUT2D eigenvalue weighted by Crippen LogP contribution is -2.03. The first-order valence-corrected chi connectivity index (χ1v) is 5.61. The SMILES string of the molecule is [C-]#[N+]c1c(F)cc(Cn2cccn2)c2c1OCC2. The highest BCUT2D eigenvalue weighted by Gasteiger charge is 2.24. The Morgan fingerprint density at radius 2 is 2.44 bits per heavy atom. The van der Waals surface area contributed by atoms with E-state index in [0.29, 0.717) is 25.3 Å². The number of rotatable bonds is 2. The minimum Gasteiger partial charge on any atom is -0.504 e. The van der Waals surface area contributed by atoms with Gasteiger partial charge in [-0.05, 0) is 23.3 Å². The number of hydrogen-bond donors (Lipinski definition) is 0. The monoisotopic (exact) mass is 243 g/mol. The van der Waals surface area contributed by atoms with Crippen molar-refractivity contribution in [1.29, 1.82) is 0 Å². The maximum absolute atomic E-state index is 13.8. The second-order valence-corrected chi connectivity index (χ2v) is 4.09. The normalized spacial score (nSPS) is 12.9. The van der Waals surface area contributed by atoms with E-state index in [-0.39, 0.29) is 5.69 Å². The van der Waals surface area contributed by atoms with Gasteiger partial charge in [0, 0.05) is 18.8 Å². The van der Waals surface area contributed by atoms with Crippen molar-refractivity contribution >= 4 is 5.69 Å². The molecule has 0 spiro atoms. The molecule has 0 atom stereocenters. The van der Waals surface area contributed by atoms with Gasteiger partial charge in [0.1, 0.15) is 11.6 Å². The quantitative estimate of drug-likeness (QED) is 0.759. The van der Waals surface area contributed by atoms with Gasteiger partial charge in [-0.15, -0.1) is 0 Å². The molecule has 1 aromatic carbocycles. The van der Waals surface area contributed by atoms with E-state index in [1.54, 1.807) is 10.9 Å². The van der Waals surface area contributed by atoms with Crippen LogP contribution in [0, 0.1) is 12.4 Å². The molecule has 3 rings (SSSR count). The molecule has 2 heterocycles. The van der Waals surface area contributed by atoms with E-state index < -0.39 is 5.82 Å². The van der Waals surface area contributed by atoms with Gasteiger partial charge in [-0.25, -0.2) is 9.24 Å². The van der Waals surface area contributed by atoms with Gasteiger partial charge in [-0.1, -0.05) is 0 Å². The lowest BCUT2D eigenvalue weighted by molar-refractivity contribution is 0.357. The van der Waals surface area contributed by atoms with Crippen LogP contribution in [-0.2, 0) is 13.0 Å². The fourth-order valence-corrected chi connectivity index (χ4v) is 2.20. The van der Waals surface area contributed by atoms with Gasteiger partial charge in [-0.3, -0.25) is 4.68 Å². The van der Waals surface area contributed by atoms with Gasteiger partial charge < -0.3 is 4.74 Å². The van der Waals surface area contributed by atoms with Crippen LogP contribution in [0.25, 0.3) is 4.85 Å². The zero-order valence-electron chi connectivity index (χ0n) is 9.56. The van der Waals surface area contributed by atoms with Crippen molar-refractivity contribution < 1.29 is 9.13 Å². The number of nitrogens with zero attached hydrogens (tertiary/aromatic N) is 3. The van der Waals surface area contributed by atoms with E-state index in [4.69, 9.17) is 11.3 Å². The molecule has 90 valence electrons. The van der Waals surface area contributed by atoms with Crippen molar-refractivity contribution in [2.24, 2.45) is 0 Å². The first-order chi connectivity index (χ1) is 8.79. The van der Waals surface area contributed by atoms with Crippen molar-refractivity contribution in [2.75, 3.05) is 6.61 Å². The molecule has 1 aliphatic rings. The Labute approximate surface area is 103 Å². The predicted molar refractivity (Wildman–Crippen MR) is 63.2 cm³/mol. The van der Waals surface area contributed by atoms with Crippen LogP contribution >= 0.6 is 0 Å². The number of hydrogen-bond acceptors (Lipinski definition) is 2. The first-order valence-electron chi connectivity index (χ1n) is 5.61. The van der Waals surface area contributed by atoms with Crippen LogP contribution in [0.5, 0.6) is 5.75 Å². The van der Waals surface area contributed by atoms with E-state index in [0.717, 1.165) is 11.1 Å². The molecule has 0 bridgehead atoms. The Balaban J connectivity index is 2.09. The van der Waals surface area contributed by atoms with E-state index in [1.165, 1.54) is 6.07 Å². The maximum atomic E-state index is 13.8. The second-order valence-electron chi connectivity index (χ2n) is 4.09. The standard InChI is InChI=1S/C13H10FN3O/c1-15-12-11(14)7-9(8-17-5-2-4-16-17)10-3-6-18-13(10)12/h2,4-5,7H,3,6,8H2. The van der Waals surface area contributed by atoms with Gasteiger partial charge in [0.15, 0.2) is 0 Å². The summed E-state index contributed by atoms with van der Waals surface area (Å²) in [6.45, 7) is 8.01. The van der Waals surface area contributed by atoms with Crippen LogP contribution in [0.4, 0.5) is 10.1 Å². The Kier molecular flexibility index (Phi) is 2.49. The van der Waals surface area contributed by atoms with Gasteiger partial charge in [0.2, 0.25) is 0 Å². The van der Waals surface area contributed by atoms with E-state index >= 15 is 0 Å². The van der Waals surface area contributed by atoms with Gasteiger partial charge >= 0.3 is 0 Å². The Morgan fingerprint density at radius 3 is 3.17 bits per heavy atom. The summed E-state index contributed by atoms with van der Waals surface area (Å²) in [6.07, 6.45) is 4.22. The lowest BCUT2D eigenvalue weighted by Gasteiger charge is -2.10. The summed E-state index contributed by atoms with van der Waals surface area (Å²) in [7, 11) is 0. The number of benzene rings is 1. The van der Waals surface area contributed by atoms with Crippen molar-refractivity contribution in [2.45, 2.75) is 13.0 Å². The van der Waals surface area contributed by atoms with E-state index in [9.17, 15) is 4.39 Å². The molecule has 0 amide bonds. The van der Waals surface area contributed by atoms with Crippen LogP contribution in [0.3, 0.4) is 0 Å². The molecule has 0 saturated carbocycles. The van der Waals surface area contributed by atoms with Crippen LogP contribution in [0.1, 0.15) is 11.1 Å². The Bertz CT molecular complexity index is 629. The zero-order valence-corrected chi connectivity index (χ0v) is 9.56. The molecule has 1 aromatic heterocycles. The third-order valence-electron chi connectivity index (χ3n) is 3.01. The number of fused-ring (bicyclic) bond motifs is 1. The Morgan fingerprint density at radius 1 is 1.56 bits per heavy atom.